The van der Waals surface area contributed by atoms with Gasteiger partial charge in [-0.2, -0.15) is 0 Å². The second-order valence-corrected chi connectivity index (χ2v) is 6.29. The molecule has 2 aromatic carbocycles. The van der Waals surface area contributed by atoms with Crippen molar-refractivity contribution in [3.63, 3.8) is 0 Å². The largest absolute Gasteiger partial charge is 0.496 e. The van der Waals surface area contributed by atoms with Gasteiger partial charge >= 0.3 is 0 Å². The van der Waals surface area contributed by atoms with Crippen LogP contribution in [0.3, 0.4) is 0 Å². The van der Waals surface area contributed by atoms with Crippen molar-refractivity contribution >= 4 is 15.9 Å². The van der Waals surface area contributed by atoms with Crippen LogP contribution >= 0.6 is 0 Å². The molecule has 0 heterocycles. The standard InChI is InChI=1S/C15H16N2O4S/c1-21-14-5-3-2-4-12(14)10-17-22(19,20)13-8-6-11(7-9-13)15(16)18/h2-9,17H,10H2,1H3,(H2,16,18). The number of ether oxygens (including phenoxy) is 1. The Morgan fingerprint density at radius 2 is 1.77 bits per heavy atom. The Hall–Kier alpha value is -2.38. The molecule has 0 aliphatic rings. The number of hydrogen-bond acceptors (Lipinski definition) is 4. The first-order valence-corrected chi connectivity index (χ1v) is 7.94. The third kappa shape index (κ3) is 3.63. The quantitative estimate of drug-likeness (QED) is 0.837. The molecule has 2 rings (SSSR count). The second kappa shape index (κ2) is 6.59. The summed E-state index contributed by atoms with van der Waals surface area (Å²) < 4.78 is 32.1. The second-order valence-electron chi connectivity index (χ2n) is 4.53. The maximum absolute atomic E-state index is 12.2. The van der Waals surface area contributed by atoms with E-state index >= 15 is 0 Å². The predicted molar refractivity (Wildman–Crippen MR) is 82.0 cm³/mol. The number of nitrogens with two attached hydrogens (primary N) is 1. The van der Waals surface area contributed by atoms with E-state index in [4.69, 9.17) is 10.5 Å². The van der Waals surface area contributed by atoms with Gasteiger partial charge in [0.15, 0.2) is 0 Å². The molecule has 0 atom stereocenters. The number of nitrogens with one attached hydrogen (secondary N) is 1. The third-order valence-electron chi connectivity index (χ3n) is 3.09. The molecule has 116 valence electrons. The Labute approximate surface area is 129 Å². The molecule has 0 saturated heterocycles. The monoisotopic (exact) mass is 320 g/mol. The maximum atomic E-state index is 12.2. The summed E-state index contributed by atoms with van der Waals surface area (Å²) in [4.78, 5) is 11.0. The minimum absolute atomic E-state index is 0.0624. The summed E-state index contributed by atoms with van der Waals surface area (Å²) in [5.41, 5.74) is 6.10. The number of primary amides is 1. The number of sulfonamides is 1. The van der Waals surface area contributed by atoms with E-state index in [9.17, 15) is 13.2 Å². The Kier molecular flexibility index (Phi) is 4.79. The summed E-state index contributed by atoms with van der Waals surface area (Å²) >= 11 is 0. The Balaban J connectivity index is 2.15. The fourth-order valence-electron chi connectivity index (χ4n) is 1.90. The minimum atomic E-state index is -3.68. The van der Waals surface area contributed by atoms with Gasteiger partial charge in [0.2, 0.25) is 15.9 Å². The molecule has 6 nitrogen and oxygen atoms in total. The topological polar surface area (TPSA) is 98.5 Å². The average molecular weight is 320 g/mol. The van der Waals surface area contributed by atoms with Crippen LogP contribution in [0.5, 0.6) is 5.75 Å². The smallest absolute Gasteiger partial charge is 0.248 e. The van der Waals surface area contributed by atoms with E-state index in [-0.39, 0.29) is 17.0 Å². The van der Waals surface area contributed by atoms with Gasteiger partial charge in [-0.3, -0.25) is 4.79 Å². The van der Waals surface area contributed by atoms with Crippen molar-refractivity contribution in [3.8, 4) is 5.75 Å². The van der Waals surface area contributed by atoms with E-state index in [2.05, 4.69) is 4.72 Å². The van der Waals surface area contributed by atoms with Crippen molar-refractivity contribution in [1.29, 1.82) is 0 Å². The predicted octanol–water partition coefficient (Wildman–Crippen LogP) is 1.27. The molecular weight excluding hydrogens is 304 g/mol. The van der Waals surface area contributed by atoms with Crippen molar-refractivity contribution in [2.75, 3.05) is 7.11 Å². The highest BCUT2D eigenvalue weighted by molar-refractivity contribution is 7.89. The van der Waals surface area contributed by atoms with Crippen LogP contribution in [0.4, 0.5) is 0 Å². The molecule has 0 aliphatic carbocycles. The van der Waals surface area contributed by atoms with Crippen molar-refractivity contribution in [3.05, 3.63) is 59.7 Å². The highest BCUT2D eigenvalue weighted by atomic mass is 32.2. The molecule has 0 aromatic heterocycles. The Morgan fingerprint density at radius 1 is 1.14 bits per heavy atom. The van der Waals surface area contributed by atoms with Crippen molar-refractivity contribution < 1.29 is 17.9 Å². The summed E-state index contributed by atoms with van der Waals surface area (Å²) in [6, 6.07) is 12.6. The van der Waals surface area contributed by atoms with E-state index < -0.39 is 15.9 Å². The van der Waals surface area contributed by atoms with Crippen LogP contribution in [0.25, 0.3) is 0 Å². The molecule has 0 spiro atoms. The molecule has 2 aromatic rings. The van der Waals surface area contributed by atoms with Gasteiger partial charge in [-0.1, -0.05) is 18.2 Å². The summed E-state index contributed by atoms with van der Waals surface area (Å²) in [7, 11) is -2.16. The number of methoxy groups -OCH3 is 1. The van der Waals surface area contributed by atoms with Gasteiger partial charge in [-0.15, -0.1) is 0 Å². The van der Waals surface area contributed by atoms with Crippen LogP contribution in [-0.4, -0.2) is 21.4 Å². The first-order chi connectivity index (χ1) is 10.4. The van der Waals surface area contributed by atoms with E-state index in [0.717, 1.165) is 5.56 Å². The number of rotatable bonds is 6. The number of carbonyl (C=O) groups excluding carboxylic acids is 1. The molecule has 0 unspecified atom stereocenters. The number of amides is 1. The van der Waals surface area contributed by atoms with E-state index in [0.29, 0.717) is 5.75 Å². The van der Waals surface area contributed by atoms with Crippen molar-refractivity contribution in [1.82, 2.24) is 4.72 Å². The molecule has 7 heteroatoms. The third-order valence-corrected chi connectivity index (χ3v) is 4.51. The van der Waals surface area contributed by atoms with Crippen LogP contribution in [-0.2, 0) is 16.6 Å². The minimum Gasteiger partial charge on any atom is -0.496 e. The van der Waals surface area contributed by atoms with Gasteiger partial charge < -0.3 is 10.5 Å². The van der Waals surface area contributed by atoms with Gasteiger partial charge in [-0.05, 0) is 30.3 Å². The lowest BCUT2D eigenvalue weighted by Gasteiger charge is -2.10. The summed E-state index contributed by atoms with van der Waals surface area (Å²) in [5, 5.41) is 0. The molecule has 0 radical (unpaired) electrons. The number of hydrogen-bond donors (Lipinski definition) is 2. The Bertz CT molecular complexity index is 770. The van der Waals surface area contributed by atoms with Gasteiger partial charge in [0.25, 0.3) is 0 Å². The van der Waals surface area contributed by atoms with Crippen LogP contribution in [0.15, 0.2) is 53.4 Å². The fraction of sp³-hybridized carbons (Fsp3) is 0.133. The molecule has 0 bridgehead atoms. The summed E-state index contributed by atoms with van der Waals surface area (Å²) in [6.07, 6.45) is 0. The van der Waals surface area contributed by atoms with Gasteiger partial charge in [0, 0.05) is 17.7 Å². The van der Waals surface area contributed by atoms with Gasteiger partial charge in [0.05, 0.1) is 12.0 Å². The number of para-hydroxylation sites is 1. The zero-order valence-electron chi connectivity index (χ0n) is 11.9. The average Bonchev–Trinajstić information content (AvgIpc) is 2.53. The lowest BCUT2D eigenvalue weighted by Crippen LogP contribution is -2.23. The number of carbonyl (C=O) groups is 1. The molecule has 1 amide bonds. The summed E-state index contributed by atoms with van der Waals surface area (Å²) in [6.45, 7) is 0.101. The summed E-state index contributed by atoms with van der Waals surface area (Å²) in [5.74, 6) is 0.000190. The molecule has 0 saturated carbocycles. The van der Waals surface area contributed by atoms with Gasteiger partial charge in [-0.25, -0.2) is 13.1 Å². The van der Waals surface area contributed by atoms with E-state index in [1.54, 1.807) is 24.3 Å². The maximum Gasteiger partial charge on any atom is 0.248 e. The van der Waals surface area contributed by atoms with E-state index in [1.165, 1.54) is 31.4 Å². The number of benzene rings is 2. The van der Waals surface area contributed by atoms with Crippen LogP contribution in [0.1, 0.15) is 15.9 Å². The SMILES string of the molecule is COc1ccccc1CNS(=O)(=O)c1ccc(C(N)=O)cc1. The van der Waals surface area contributed by atoms with Gasteiger partial charge in [0.1, 0.15) is 5.75 Å². The van der Waals surface area contributed by atoms with Crippen LogP contribution in [0.2, 0.25) is 0 Å². The highest BCUT2D eigenvalue weighted by Crippen LogP contribution is 2.18. The van der Waals surface area contributed by atoms with Crippen LogP contribution < -0.4 is 15.2 Å². The molecular formula is C15H16N2O4S. The first kappa shape index (κ1) is 16.0. The normalized spacial score (nSPS) is 11.1. The van der Waals surface area contributed by atoms with Crippen LogP contribution in [0, 0.1) is 0 Å². The molecule has 3 N–H and O–H groups in total. The Morgan fingerprint density at radius 3 is 2.36 bits per heavy atom. The zero-order chi connectivity index (χ0) is 16.2. The van der Waals surface area contributed by atoms with Crippen molar-refractivity contribution in [2.24, 2.45) is 5.73 Å². The highest BCUT2D eigenvalue weighted by Gasteiger charge is 2.15. The first-order valence-electron chi connectivity index (χ1n) is 6.45. The lowest BCUT2D eigenvalue weighted by molar-refractivity contribution is 0.1000. The fourth-order valence-corrected chi connectivity index (χ4v) is 2.91. The van der Waals surface area contributed by atoms with Crippen molar-refractivity contribution in [2.45, 2.75) is 11.4 Å². The molecule has 0 aliphatic heterocycles. The lowest BCUT2D eigenvalue weighted by atomic mass is 10.2. The zero-order valence-corrected chi connectivity index (χ0v) is 12.8. The molecule has 22 heavy (non-hydrogen) atoms. The molecule has 0 fully saturated rings. The van der Waals surface area contributed by atoms with E-state index in [1.807, 2.05) is 0 Å².